The molecular formula is C13H19FN2OS. The fourth-order valence-electron chi connectivity index (χ4n) is 1.70. The smallest absolute Gasteiger partial charge is 0.256 e. The van der Waals surface area contributed by atoms with Crippen LogP contribution >= 0.6 is 11.8 Å². The average Bonchev–Trinajstić information content (AvgIpc) is 2.37. The predicted molar refractivity (Wildman–Crippen MR) is 75.9 cm³/mol. The van der Waals surface area contributed by atoms with Crippen LogP contribution in [-0.4, -0.2) is 43.0 Å². The number of carbonyl (C=O) groups excluding carboxylic acids is 1. The molecule has 0 aromatic heterocycles. The minimum Gasteiger partial charge on any atom is -0.385 e. The van der Waals surface area contributed by atoms with Crippen LogP contribution in [0.2, 0.25) is 0 Å². The van der Waals surface area contributed by atoms with E-state index in [1.807, 2.05) is 13.2 Å². The van der Waals surface area contributed by atoms with Crippen LogP contribution in [0, 0.1) is 5.82 Å². The van der Waals surface area contributed by atoms with E-state index in [1.54, 1.807) is 42.9 Å². The lowest BCUT2D eigenvalue weighted by molar-refractivity contribution is 0.0758. The molecule has 0 saturated carbocycles. The number of nitrogens with one attached hydrogen (secondary N) is 1. The van der Waals surface area contributed by atoms with Gasteiger partial charge in [0, 0.05) is 25.9 Å². The highest BCUT2D eigenvalue weighted by molar-refractivity contribution is 7.98. The van der Waals surface area contributed by atoms with E-state index in [4.69, 9.17) is 0 Å². The highest BCUT2D eigenvalue weighted by Crippen LogP contribution is 2.21. The zero-order valence-electron chi connectivity index (χ0n) is 11.2. The normalized spacial score (nSPS) is 12.1. The number of carbonyl (C=O) groups is 1. The number of benzene rings is 1. The second kappa shape index (κ2) is 6.64. The summed E-state index contributed by atoms with van der Waals surface area (Å²) < 4.78 is 13.6. The molecule has 3 nitrogen and oxygen atoms in total. The van der Waals surface area contributed by atoms with Crippen LogP contribution in [0.3, 0.4) is 0 Å². The standard InChI is InChI=1S/C13H19FN2OS/c1-9(8-18-4)16(3)13(17)10-6-5-7-11(14)12(10)15-2/h5-7,9,15H,8H2,1-4H3. The van der Waals surface area contributed by atoms with Gasteiger partial charge in [-0.1, -0.05) is 6.07 Å². The lowest BCUT2D eigenvalue weighted by atomic mass is 10.1. The summed E-state index contributed by atoms with van der Waals surface area (Å²) in [5, 5.41) is 2.74. The maximum Gasteiger partial charge on any atom is 0.256 e. The summed E-state index contributed by atoms with van der Waals surface area (Å²) in [4.78, 5) is 13.9. The SMILES string of the molecule is CNc1c(F)cccc1C(=O)N(C)C(C)CSC. The molecule has 0 aliphatic carbocycles. The Kier molecular flexibility index (Phi) is 5.47. The summed E-state index contributed by atoms with van der Waals surface area (Å²) in [6.07, 6.45) is 2.00. The van der Waals surface area contributed by atoms with Gasteiger partial charge in [0.15, 0.2) is 0 Å². The topological polar surface area (TPSA) is 32.3 Å². The molecule has 0 fully saturated rings. The molecule has 1 aromatic rings. The van der Waals surface area contributed by atoms with Crippen molar-refractivity contribution in [2.75, 3.05) is 31.4 Å². The number of halogens is 1. The van der Waals surface area contributed by atoms with E-state index in [-0.39, 0.29) is 17.6 Å². The van der Waals surface area contributed by atoms with Crippen molar-refractivity contribution in [1.29, 1.82) is 0 Å². The zero-order valence-corrected chi connectivity index (χ0v) is 12.0. The molecule has 0 aliphatic heterocycles. The maximum absolute atomic E-state index is 13.6. The van der Waals surface area contributed by atoms with Crippen LogP contribution in [0.25, 0.3) is 0 Å². The third-order valence-electron chi connectivity index (χ3n) is 2.88. The third kappa shape index (κ3) is 3.16. The summed E-state index contributed by atoms with van der Waals surface area (Å²) in [7, 11) is 3.36. The van der Waals surface area contributed by atoms with Gasteiger partial charge in [-0.2, -0.15) is 11.8 Å². The fraction of sp³-hybridized carbons (Fsp3) is 0.462. The number of hydrogen-bond acceptors (Lipinski definition) is 3. The van der Waals surface area contributed by atoms with Gasteiger partial charge in [-0.25, -0.2) is 4.39 Å². The van der Waals surface area contributed by atoms with E-state index in [9.17, 15) is 9.18 Å². The van der Waals surface area contributed by atoms with E-state index in [0.717, 1.165) is 5.75 Å². The molecule has 0 radical (unpaired) electrons. The average molecular weight is 270 g/mol. The Balaban J connectivity index is 3.00. The van der Waals surface area contributed by atoms with Crippen LogP contribution in [-0.2, 0) is 0 Å². The Morgan fingerprint density at radius 3 is 2.78 bits per heavy atom. The van der Waals surface area contributed by atoms with Gasteiger partial charge >= 0.3 is 0 Å². The molecular weight excluding hydrogens is 251 g/mol. The number of rotatable bonds is 5. The number of hydrogen-bond donors (Lipinski definition) is 1. The van der Waals surface area contributed by atoms with Crippen LogP contribution in [0.5, 0.6) is 0 Å². The Bertz CT molecular complexity index is 425. The van der Waals surface area contributed by atoms with E-state index in [1.165, 1.54) is 6.07 Å². The van der Waals surface area contributed by atoms with Gasteiger partial charge in [-0.05, 0) is 25.3 Å². The molecule has 1 rings (SSSR count). The van der Waals surface area contributed by atoms with Gasteiger partial charge < -0.3 is 10.2 Å². The summed E-state index contributed by atoms with van der Waals surface area (Å²) >= 11 is 1.68. The molecule has 5 heteroatoms. The highest BCUT2D eigenvalue weighted by Gasteiger charge is 2.21. The van der Waals surface area contributed by atoms with Gasteiger partial charge in [0.2, 0.25) is 0 Å². The fourth-order valence-corrected chi connectivity index (χ4v) is 2.41. The molecule has 100 valence electrons. The van der Waals surface area contributed by atoms with Gasteiger partial charge in [-0.15, -0.1) is 0 Å². The van der Waals surface area contributed by atoms with Crippen molar-refractivity contribution in [2.24, 2.45) is 0 Å². The molecule has 1 N–H and O–H groups in total. The summed E-state index contributed by atoms with van der Waals surface area (Å²) in [5.74, 6) is 0.279. The minimum absolute atomic E-state index is 0.112. The highest BCUT2D eigenvalue weighted by atomic mass is 32.2. The van der Waals surface area contributed by atoms with Crippen LogP contribution < -0.4 is 5.32 Å². The third-order valence-corrected chi connectivity index (χ3v) is 3.70. The largest absolute Gasteiger partial charge is 0.385 e. The number of nitrogens with zero attached hydrogens (tertiary/aromatic N) is 1. The van der Waals surface area contributed by atoms with Crippen LogP contribution in [0.4, 0.5) is 10.1 Å². The first kappa shape index (κ1) is 14.8. The lowest BCUT2D eigenvalue weighted by Crippen LogP contribution is -2.37. The van der Waals surface area contributed by atoms with E-state index in [0.29, 0.717) is 5.56 Å². The first-order valence-corrected chi connectivity index (χ1v) is 7.14. The van der Waals surface area contributed by atoms with Crippen molar-refractivity contribution in [3.05, 3.63) is 29.6 Å². The summed E-state index contributed by atoms with van der Waals surface area (Å²) in [5.41, 5.74) is 0.624. The molecule has 0 bridgehead atoms. The van der Waals surface area contributed by atoms with Gasteiger partial charge in [0.05, 0.1) is 11.3 Å². The number of anilines is 1. The van der Waals surface area contributed by atoms with Crippen molar-refractivity contribution in [1.82, 2.24) is 4.90 Å². The second-order valence-corrected chi connectivity index (χ2v) is 5.04. The molecule has 0 aliphatic rings. The van der Waals surface area contributed by atoms with Gasteiger partial charge in [-0.3, -0.25) is 4.79 Å². The number of thioether (sulfide) groups is 1. The lowest BCUT2D eigenvalue weighted by Gasteiger charge is -2.25. The van der Waals surface area contributed by atoms with Gasteiger partial charge in [0.25, 0.3) is 5.91 Å². The van der Waals surface area contributed by atoms with Crippen molar-refractivity contribution in [2.45, 2.75) is 13.0 Å². The number of amides is 1. The number of para-hydroxylation sites is 1. The first-order chi connectivity index (χ1) is 8.52. The van der Waals surface area contributed by atoms with Crippen LogP contribution in [0.1, 0.15) is 17.3 Å². The molecule has 1 atom stereocenters. The monoisotopic (exact) mass is 270 g/mol. The zero-order chi connectivity index (χ0) is 13.7. The Morgan fingerprint density at radius 1 is 1.56 bits per heavy atom. The summed E-state index contributed by atoms with van der Waals surface area (Å²) in [6, 6.07) is 4.64. The maximum atomic E-state index is 13.6. The Labute approximate surface area is 112 Å². The van der Waals surface area contributed by atoms with Crippen LogP contribution in [0.15, 0.2) is 18.2 Å². The van der Waals surface area contributed by atoms with Crippen molar-refractivity contribution >= 4 is 23.4 Å². The molecule has 1 unspecified atom stereocenters. The van der Waals surface area contributed by atoms with Crippen molar-refractivity contribution < 1.29 is 9.18 Å². The van der Waals surface area contributed by atoms with E-state index < -0.39 is 5.82 Å². The quantitative estimate of drug-likeness (QED) is 0.893. The molecule has 1 aromatic carbocycles. The van der Waals surface area contributed by atoms with E-state index >= 15 is 0 Å². The first-order valence-electron chi connectivity index (χ1n) is 5.75. The second-order valence-electron chi connectivity index (χ2n) is 4.13. The molecule has 0 saturated heterocycles. The molecule has 1 amide bonds. The van der Waals surface area contributed by atoms with Crippen molar-refractivity contribution in [3.63, 3.8) is 0 Å². The minimum atomic E-state index is -0.408. The molecule has 18 heavy (non-hydrogen) atoms. The summed E-state index contributed by atoms with van der Waals surface area (Å²) in [6.45, 7) is 1.98. The van der Waals surface area contributed by atoms with E-state index in [2.05, 4.69) is 5.32 Å². The van der Waals surface area contributed by atoms with Crippen molar-refractivity contribution in [3.8, 4) is 0 Å². The molecule has 0 spiro atoms. The van der Waals surface area contributed by atoms with Gasteiger partial charge in [0.1, 0.15) is 5.82 Å². The molecule has 0 heterocycles. The Morgan fingerprint density at radius 2 is 2.22 bits per heavy atom. The Hall–Kier alpha value is -1.23. The predicted octanol–water partition coefficient (Wildman–Crippen LogP) is 2.69.